The normalized spacial score (nSPS) is 20.2. The van der Waals surface area contributed by atoms with Crippen molar-refractivity contribution in [2.45, 2.75) is 44.4 Å². The van der Waals surface area contributed by atoms with Crippen molar-refractivity contribution >= 4 is 34.9 Å². The standard InChI is InChI=1S/C26H31N5O5/c1-26(2)11-4-12-31(26)24(34)17-5-3-6-19(15-17)30-13-14-36-21(25(30)35)20(32)23(33)29-18-9-7-16(8-10-18)22(27)28/h3,5-10,15,20-21,32H,4,11-14H2,1-2H3,(H3,27,28)(H,29,33)/t20-,21-/m1/s1. The second-order valence-electron chi connectivity index (χ2n) is 9.63. The number of amidine groups is 1. The zero-order valence-corrected chi connectivity index (χ0v) is 20.4. The lowest BCUT2D eigenvalue weighted by atomic mass is 10.0. The summed E-state index contributed by atoms with van der Waals surface area (Å²) < 4.78 is 5.48. The number of ether oxygens (including phenoxy) is 1. The SMILES string of the molecule is CC1(C)CCCN1C(=O)c1cccc(N2CCO[C@H]([C@@H](O)C(=O)Nc3ccc(C(=N)N)cc3)C2=O)c1. The smallest absolute Gasteiger partial charge is 0.259 e. The number of nitrogens with zero attached hydrogens (tertiary/aromatic N) is 2. The maximum absolute atomic E-state index is 13.2. The number of aliphatic hydroxyl groups is 1. The summed E-state index contributed by atoms with van der Waals surface area (Å²) in [5, 5.41) is 20.6. The van der Waals surface area contributed by atoms with E-state index in [9.17, 15) is 19.5 Å². The summed E-state index contributed by atoms with van der Waals surface area (Å²) in [6.07, 6.45) is -1.26. The molecule has 10 heteroatoms. The van der Waals surface area contributed by atoms with Crippen LogP contribution in [-0.4, -0.2) is 71.0 Å². The molecule has 0 aromatic heterocycles. The van der Waals surface area contributed by atoms with Gasteiger partial charge in [-0.25, -0.2) is 0 Å². The Kier molecular flexibility index (Phi) is 7.09. The van der Waals surface area contributed by atoms with Crippen LogP contribution in [0.4, 0.5) is 11.4 Å². The molecule has 2 aliphatic heterocycles. The summed E-state index contributed by atoms with van der Waals surface area (Å²) in [4.78, 5) is 42.3. The fourth-order valence-corrected chi connectivity index (χ4v) is 4.62. The zero-order chi connectivity index (χ0) is 26.0. The fraction of sp³-hybridized carbons (Fsp3) is 0.385. The van der Waals surface area contributed by atoms with Crippen molar-refractivity contribution in [1.82, 2.24) is 4.90 Å². The predicted octanol–water partition coefficient (Wildman–Crippen LogP) is 1.72. The topological polar surface area (TPSA) is 149 Å². The zero-order valence-electron chi connectivity index (χ0n) is 20.4. The van der Waals surface area contributed by atoms with Gasteiger partial charge in [0.15, 0.2) is 12.2 Å². The molecule has 0 saturated carbocycles. The Bertz CT molecular complexity index is 1180. The maximum atomic E-state index is 13.2. The van der Waals surface area contributed by atoms with Crippen LogP contribution in [0.25, 0.3) is 0 Å². The molecule has 2 saturated heterocycles. The van der Waals surface area contributed by atoms with Crippen LogP contribution in [-0.2, 0) is 14.3 Å². The van der Waals surface area contributed by atoms with Crippen LogP contribution in [0.1, 0.15) is 42.6 Å². The second-order valence-corrected chi connectivity index (χ2v) is 9.63. The number of aliphatic hydroxyl groups excluding tert-OH is 1. The molecule has 0 radical (unpaired) electrons. The van der Waals surface area contributed by atoms with Crippen LogP contribution >= 0.6 is 0 Å². The first-order chi connectivity index (χ1) is 17.1. The second kappa shape index (κ2) is 10.1. The number of nitrogens with two attached hydrogens (primary N) is 1. The molecule has 2 heterocycles. The predicted molar refractivity (Wildman–Crippen MR) is 135 cm³/mol. The Balaban J connectivity index is 1.46. The third-order valence-corrected chi connectivity index (χ3v) is 6.69. The molecular weight excluding hydrogens is 462 g/mol. The van der Waals surface area contributed by atoms with Crippen molar-refractivity contribution < 1.29 is 24.2 Å². The van der Waals surface area contributed by atoms with Gasteiger partial charge >= 0.3 is 0 Å². The summed E-state index contributed by atoms with van der Waals surface area (Å²) in [7, 11) is 0. The number of anilines is 2. The molecule has 2 aliphatic rings. The molecule has 36 heavy (non-hydrogen) atoms. The van der Waals surface area contributed by atoms with Crippen LogP contribution in [0, 0.1) is 5.41 Å². The average molecular weight is 494 g/mol. The number of carbonyl (C=O) groups is 3. The van der Waals surface area contributed by atoms with Gasteiger partial charge in [0.25, 0.3) is 17.7 Å². The van der Waals surface area contributed by atoms with Crippen molar-refractivity contribution in [3.8, 4) is 0 Å². The van der Waals surface area contributed by atoms with Gasteiger partial charge in [0.05, 0.1) is 6.61 Å². The summed E-state index contributed by atoms with van der Waals surface area (Å²) in [5.41, 5.74) is 7.05. The maximum Gasteiger partial charge on any atom is 0.259 e. The number of rotatable bonds is 6. The average Bonchev–Trinajstić information content (AvgIpc) is 3.22. The first-order valence-corrected chi connectivity index (χ1v) is 11.9. The Hall–Kier alpha value is -3.76. The van der Waals surface area contributed by atoms with E-state index in [4.69, 9.17) is 15.9 Å². The van der Waals surface area contributed by atoms with Crippen molar-refractivity contribution in [2.24, 2.45) is 5.73 Å². The number of nitrogen functional groups attached to an aromatic ring is 1. The number of carbonyl (C=O) groups excluding carboxylic acids is 3. The van der Waals surface area contributed by atoms with Crippen molar-refractivity contribution in [2.75, 3.05) is 29.9 Å². The number of benzene rings is 2. The van der Waals surface area contributed by atoms with Crippen molar-refractivity contribution in [1.29, 1.82) is 5.41 Å². The molecule has 5 N–H and O–H groups in total. The lowest BCUT2D eigenvalue weighted by Gasteiger charge is -2.35. The first-order valence-electron chi connectivity index (χ1n) is 11.9. The van der Waals surface area contributed by atoms with E-state index >= 15 is 0 Å². The monoisotopic (exact) mass is 493 g/mol. The van der Waals surface area contributed by atoms with E-state index in [1.165, 1.54) is 4.90 Å². The molecule has 4 rings (SSSR count). The molecule has 0 bridgehead atoms. The first kappa shape index (κ1) is 25.3. The van der Waals surface area contributed by atoms with Crippen molar-refractivity contribution in [3.63, 3.8) is 0 Å². The summed E-state index contributed by atoms with van der Waals surface area (Å²) in [6, 6.07) is 13.0. The van der Waals surface area contributed by atoms with Crippen LogP contribution in [0.2, 0.25) is 0 Å². The van der Waals surface area contributed by atoms with Gasteiger partial charge in [-0.15, -0.1) is 0 Å². The highest BCUT2D eigenvalue weighted by atomic mass is 16.5. The lowest BCUT2D eigenvalue weighted by Crippen LogP contribution is -2.55. The summed E-state index contributed by atoms with van der Waals surface area (Å²) in [5.74, 6) is -1.57. The minimum absolute atomic E-state index is 0.0909. The van der Waals surface area contributed by atoms with Gasteiger partial charge < -0.3 is 30.7 Å². The third-order valence-electron chi connectivity index (χ3n) is 6.69. The van der Waals surface area contributed by atoms with Crippen LogP contribution in [0.3, 0.4) is 0 Å². The largest absolute Gasteiger partial charge is 0.384 e. The van der Waals surface area contributed by atoms with E-state index < -0.39 is 24.0 Å². The number of hydrogen-bond donors (Lipinski definition) is 4. The molecule has 2 aromatic rings. The van der Waals surface area contributed by atoms with E-state index in [1.807, 2.05) is 18.7 Å². The molecule has 10 nitrogen and oxygen atoms in total. The van der Waals surface area contributed by atoms with Gasteiger partial charge in [-0.3, -0.25) is 19.8 Å². The van der Waals surface area contributed by atoms with Gasteiger partial charge in [-0.05, 0) is 69.2 Å². The van der Waals surface area contributed by atoms with Gasteiger partial charge in [-0.2, -0.15) is 0 Å². The molecule has 2 atom stereocenters. The molecule has 0 aliphatic carbocycles. The van der Waals surface area contributed by atoms with Gasteiger partial charge in [-0.1, -0.05) is 6.07 Å². The Morgan fingerprint density at radius 1 is 1.17 bits per heavy atom. The van der Waals surface area contributed by atoms with E-state index in [1.54, 1.807) is 48.5 Å². The summed E-state index contributed by atoms with van der Waals surface area (Å²) in [6.45, 7) is 5.12. The molecule has 0 unspecified atom stereocenters. The van der Waals surface area contributed by atoms with E-state index in [0.29, 0.717) is 29.0 Å². The van der Waals surface area contributed by atoms with E-state index in [0.717, 1.165) is 12.8 Å². The molecule has 190 valence electrons. The Morgan fingerprint density at radius 2 is 1.89 bits per heavy atom. The lowest BCUT2D eigenvalue weighted by molar-refractivity contribution is -0.150. The summed E-state index contributed by atoms with van der Waals surface area (Å²) >= 11 is 0. The fourth-order valence-electron chi connectivity index (χ4n) is 4.62. The highest BCUT2D eigenvalue weighted by Gasteiger charge is 2.40. The molecule has 2 fully saturated rings. The number of likely N-dealkylation sites (tertiary alicyclic amines) is 1. The Labute approximate surface area is 209 Å². The van der Waals surface area contributed by atoms with Gasteiger partial charge in [0, 0.05) is 41.1 Å². The number of amides is 3. The Morgan fingerprint density at radius 3 is 2.53 bits per heavy atom. The number of morpholine rings is 1. The molecule has 3 amide bonds. The molecule has 0 spiro atoms. The van der Waals surface area contributed by atoms with E-state index in [2.05, 4.69) is 5.32 Å². The van der Waals surface area contributed by atoms with Gasteiger partial charge in [0.2, 0.25) is 0 Å². The molecule has 2 aromatic carbocycles. The highest BCUT2D eigenvalue weighted by molar-refractivity contribution is 6.05. The number of nitrogens with one attached hydrogen (secondary N) is 2. The molecular formula is C26H31N5O5. The van der Waals surface area contributed by atoms with E-state index in [-0.39, 0.29) is 30.4 Å². The van der Waals surface area contributed by atoms with Crippen molar-refractivity contribution in [3.05, 3.63) is 59.7 Å². The minimum Gasteiger partial charge on any atom is -0.384 e. The van der Waals surface area contributed by atoms with Crippen LogP contribution < -0.4 is 16.0 Å². The minimum atomic E-state index is -1.75. The number of hydrogen-bond acceptors (Lipinski definition) is 6. The van der Waals surface area contributed by atoms with Crippen LogP contribution in [0.5, 0.6) is 0 Å². The third kappa shape index (κ3) is 5.09. The highest BCUT2D eigenvalue weighted by Crippen LogP contribution is 2.31. The quantitative estimate of drug-likeness (QED) is 0.356. The van der Waals surface area contributed by atoms with Gasteiger partial charge in [0.1, 0.15) is 5.84 Å². The van der Waals surface area contributed by atoms with Crippen LogP contribution in [0.15, 0.2) is 48.5 Å².